The lowest BCUT2D eigenvalue weighted by atomic mass is 10.0. The number of nitrogens with one attached hydrogen (secondary N) is 1. The highest BCUT2D eigenvalue weighted by atomic mass is 32.2. The number of rotatable bonds is 12. The number of carbonyl (C=O) groups is 2. The average Bonchev–Trinajstić information content (AvgIpc) is 2.71. The third-order valence-corrected chi connectivity index (χ3v) is 5.34. The van der Waals surface area contributed by atoms with Gasteiger partial charge in [-0.1, -0.05) is 60.7 Å². The van der Waals surface area contributed by atoms with Crippen LogP contribution in [0.5, 0.6) is 0 Å². The molecule has 2 aromatic rings. The first kappa shape index (κ1) is 22.0. The van der Waals surface area contributed by atoms with Crippen molar-refractivity contribution in [3.63, 3.8) is 0 Å². The Hall–Kier alpha value is -2.31. The van der Waals surface area contributed by atoms with Gasteiger partial charge in [0, 0.05) is 11.5 Å². The highest BCUT2D eigenvalue weighted by Gasteiger charge is 2.27. The molecule has 0 aromatic heterocycles. The summed E-state index contributed by atoms with van der Waals surface area (Å²) in [6, 6.07) is 18.2. The van der Waals surface area contributed by atoms with Gasteiger partial charge >= 0.3 is 11.9 Å². The van der Waals surface area contributed by atoms with Crippen molar-refractivity contribution in [1.29, 1.82) is 0 Å². The number of benzene rings is 2. The molecule has 0 aliphatic carbocycles. The van der Waals surface area contributed by atoms with Crippen molar-refractivity contribution in [1.82, 2.24) is 5.32 Å². The minimum Gasteiger partial charge on any atom is -0.480 e. The maximum absolute atomic E-state index is 12.3. The van der Waals surface area contributed by atoms with Gasteiger partial charge in [-0.05, 0) is 30.9 Å². The number of aliphatic carboxylic acids is 1. The molecule has 0 radical (unpaired) electrons. The summed E-state index contributed by atoms with van der Waals surface area (Å²) < 4.78 is 5.15. The molecular formula is C22H27NO4S. The van der Waals surface area contributed by atoms with E-state index in [4.69, 9.17) is 4.74 Å². The summed E-state index contributed by atoms with van der Waals surface area (Å²) in [5.74, 6) is -0.279. The second-order valence-electron chi connectivity index (χ2n) is 6.39. The molecule has 0 spiro atoms. The van der Waals surface area contributed by atoms with Crippen LogP contribution in [0.3, 0.4) is 0 Å². The third-order valence-electron chi connectivity index (χ3n) is 4.23. The van der Waals surface area contributed by atoms with E-state index in [0.717, 1.165) is 16.9 Å². The van der Waals surface area contributed by atoms with Crippen LogP contribution >= 0.6 is 11.8 Å². The van der Waals surface area contributed by atoms with Crippen LogP contribution in [0.1, 0.15) is 24.5 Å². The van der Waals surface area contributed by atoms with Crippen LogP contribution in [0.4, 0.5) is 0 Å². The van der Waals surface area contributed by atoms with Crippen LogP contribution in [-0.4, -0.2) is 41.5 Å². The molecule has 150 valence electrons. The molecule has 5 nitrogen and oxygen atoms in total. The van der Waals surface area contributed by atoms with E-state index < -0.39 is 24.0 Å². The minimum absolute atomic E-state index is 0.267. The number of hydrogen-bond acceptors (Lipinski definition) is 5. The number of ether oxygens (including phenoxy) is 1. The monoisotopic (exact) mass is 401 g/mol. The maximum atomic E-state index is 12.3. The van der Waals surface area contributed by atoms with Crippen molar-refractivity contribution in [3.8, 4) is 0 Å². The smallest absolute Gasteiger partial charge is 0.323 e. The van der Waals surface area contributed by atoms with E-state index in [1.54, 1.807) is 6.92 Å². The normalized spacial score (nSPS) is 12.9. The van der Waals surface area contributed by atoms with Crippen molar-refractivity contribution >= 4 is 23.7 Å². The number of aryl methyl sites for hydroxylation is 1. The first-order valence-corrected chi connectivity index (χ1v) is 10.6. The molecule has 0 heterocycles. The quantitative estimate of drug-likeness (QED) is 0.530. The standard InChI is InChI=1S/C22H27NO4S/c1-2-27-22(26)19(14-13-17-9-5-3-6-10-17)23-20(21(24)25)16-28-15-18-11-7-4-8-12-18/h3-12,19-20,23H,2,13-16H2,1H3,(H,24,25)/t19-,20-/m0/s1. The van der Waals surface area contributed by atoms with Gasteiger partial charge in [0.2, 0.25) is 0 Å². The predicted octanol–water partition coefficient (Wildman–Crippen LogP) is 3.53. The van der Waals surface area contributed by atoms with Gasteiger partial charge in [0.05, 0.1) is 6.61 Å². The molecule has 0 saturated heterocycles. The molecule has 2 rings (SSSR count). The Balaban J connectivity index is 1.94. The summed E-state index contributed by atoms with van der Waals surface area (Å²) in [7, 11) is 0. The molecule has 0 saturated carbocycles. The first-order chi connectivity index (χ1) is 13.6. The molecule has 0 aliphatic rings. The highest BCUT2D eigenvalue weighted by molar-refractivity contribution is 7.98. The summed E-state index contributed by atoms with van der Waals surface area (Å²) in [6.07, 6.45) is 1.15. The van der Waals surface area contributed by atoms with E-state index in [0.29, 0.717) is 18.6 Å². The average molecular weight is 402 g/mol. The predicted molar refractivity (Wildman–Crippen MR) is 112 cm³/mol. The lowest BCUT2D eigenvalue weighted by molar-refractivity contribution is -0.147. The highest BCUT2D eigenvalue weighted by Crippen LogP contribution is 2.14. The molecule has 0 bridgehead atoms. The zero-order valence-electron chi connectivity index (χ0n) is 16.0. The SMILES string of the molecule is CCOC(=O)[C@H](CCc1ccccc1)N[C@@H](CSCc1ccccc1)C(=O)O. The van der Waals surface area contributed by atoms with Gasteiger partial charge < -0.3 is 9.84 Å². The largest absolute Gasteiger partial charge is 0.480 e. The van der Waals surface area contributed by atoms with Crippen LogP contribution in [0.2, 0.25) is 0 Å². The number of carbonyl (C=O) groups excluding carboxylic acids is 1. The van der Waals surface area contributed by atoms with Crippen molar-refractivity contribution in [2.24, 2.45) is 0 Å². The Morgan fingerprint density at radius 3 is 2.18 bits per heavy atom. The number of thioether (sulfide) groups is 1. The molecule has 6 heteroatoms. The van der Waals surface area contributed by atoms with Gasteiger partial charge in [-0.25, -0.2) is 0 Å². The zero-order chi connectivity index (χ0) is 20.2. The Labute approximate surface area is 170 Å². The van der Waals surface area contributed by atoms with Crippen molar-refractivity contribution in [3.05, 3.63) is 71.8 Å². The molecule has 2 aromatic carbocycles. The molecular weight excluding hydrogens is 374 g/mol. The van der Waals surface area contributed by atoms with Gasteiger partial charge in [-0.3, -0.25) is 14.9 Å². The fourth-order valence-corrected chi connectivity index (χ4v) is 3.79. The Morgan fingerprint density at radius 1 is 1.00 bits per heavy atom. The fourth-order valence-electron chi connectivity index (χ4n) is 2.77. The minimum atomic E-state index is -0.963. The molecule has 0 aliphatic heterocycles. The molecule has 0 unspecified atom stereocenters. The first-order valence-electron chi connectivity index (χ1n) is 9.41. The Morgan fingerprint density at radius 2 is 1.61 bits per heavy atom. The van der Waals surface area contributed by atoms with Gasteiger partial charge in [0.1, 0.15) is 12.1 Å². The van der Waals surface area contributed by atoms with Gasteiger partial charge in [-0.2, -0.15) is 11.8 Å². The van der Waals surface area contributed by atoms with Crippen LogP contribution in [0.15, 0.2) is 60.7 Å². The van der Waals surface area contributed by atoms with E-state index in [2.05, 4.69) is 5.32 Å². The van der Waals surface area contributed by atoms with Crippen LogP contribution in [0.25, 0.3) is 0 Å². The molecule has 0 fully saturated rings. The fraction of sp³-hybridized carbons (Fsp3) is 0.364. The number of hydrogen-bond donors (Lipinski definition) is 2. The number of carboxylic acid groups (broad SMARTS) is 1. The van der Waals surface area contributed by atoms with E-state index in [1.165, 1.54) is 11.8 Å². The second-order valence-corrected chi connectivity index (χ2v) is 7.42. The number of esters is 1. The number of carboxylic acids is 1. The summed E-state index contributed by atoms with van der Waals surface area (Å²) in [6.45, 7) is 2.01. The van der Waals surface area contributed by atoms with E-state index in [9.17, 15) is 14.7 Å². The zero-order valence-corrected chi connectivity index (χ0v) is 16.9. The third kappa shape index (κ3) is 7.74. The Bertz CT molecular complexity index is 724. The van der Waals surface area contributed by atoms with E-state index >= 15 is 0 Å². The van der Waals surface area contributed by atoms with Crippen molar-refractivity contribution < 1.29 is 19.4 Å². The molecule has 28 heavy (non-hydrogen) atoms. The van der Waals surface area contributed by atoms with Gasteiger partial charge in [-0.15, -0.1) is 0 Å². The molecule has 2 N–H and O–H groups in total. The van der Waals surface area contributed by atoms with Crippen molar-refractivity contribution in [2.45, 2.75) is 37.6 Å². The van der Waals surface area contributed by atoms with Crippen LogP contribution in [-0.2, 0) is 26.5 Å². The topological polar surface area (TPSA) is 75.6 Å². The van der Waals surface area contributed by atoms with E-state index in [-0.39, 0.29) is 6.61 Å². The summed E-state index contributed by atoms with van der Waals surface area (Å²) >= 11 is 1.53. The maximum Gasteiger partial charge on any atom is 0.323 e. The van der Waals surface area contributed by atoms with E-state index in [1.807, 2.05) is 60.7 Å². The van der Waals surface area contributed by atoms with Crippen LogP contribution in [0, 0.1) is 0 Å². The molecule has 2 atom stereocenters. The second kappa shape index (κ2) is 12.2. The molecule has 0 amide bonds. The van der Waals surface area contributed by atoms with Crippen LogP contribution < -0.4 is 5.32 Å². The summed E-state index contributed by atoms with van der Waals surface area (Å²) in [5.41, 5.74) is 2.24. The lowest BCUT2D eigenvalue weighted by Gasteiger charge is -2.22. The van der Waals surface area contributed by atoms with Gasteiger partial charge in [0.25, 0.3) is 0 Å². The summed E-state index contributed by atoms with van der Waals surface area (Å²) in [4.78, 5) is 24.0. The summed E-state index contributed by atoms with van der Waals surface area (Å²) in [5, 5.41) is 12.6. The van der Waals surface area contributed by atoms with Gasteiger partial charge in [0.15, 0.2) is 0 Å². The van der Waals surface area contributed by atoms with Crippen molar-refractivity contribution in [2.75, 3.05) is 12.4 Å². The lowest BCUT2D eigenvalue weighted by Crippen LogP contribution is -2.49. The Kier molecular flexibility index (Phi) is 9.59.